The van der Waals surface area contributed by atoms with E-state index < -0.39 is 5.60 Å². The molecule has 4 fully saturated rings. The van der Waals surface area contributed by atoms with E-state index in [-0.39, 0.29) is 22.7 Å². The Morgan fingerprint density at radius 3 is 2.71 bits per heavy atom. The van der Waals surface area contributed by atoms with E-state index in [0.29, 0.717) is 30.0 Å². The van der Waals surface area contributed by atoms with Gasteiger partial charge < -0.3 is 4.74 Å². The number of epoxide rings is 1. The van der Waals surface area contributed by atoms with Crippen LogP contribution in [0.4, 0.5) is 0 Å². The van der Waals surface area contributed by atoms with E-state index in [0.717, 1.165) is 25.7 Å². The summed E-state index contributed by atoms with van der Waals surface area (Å²) in [5.74, 6) is 2.58. The zero-order valence-electron chi connectivity index (χ0n) is 15.1. The van der Waals surface area contributed by atoms with Crippen molar-refractivity contribution >= 4 is 11.6 Å². The standard InChI is InChI=1S/C21H28O3/c1-12(22)21-18(24-21)11-17-15-5-4-13-10-14(23)6-8-19(13,2)16(15)7-9-20(17,21)3/h10,15-18H,4-9,11H2,1-3H3/t15-,16-,17+,18+,19+,20-,21+/m1/s1. The minimum Gasteiger partial charge on any atom is -0.357 e. The molecule has 1 saturated heterocycles. The lowest BCUT2D eigenvalue weighted by atomic mass is 9.46. The van der Waals surface area contributed by atoms with Gasteiger partial charge >= 0.3 is 0 Å². The Hall–Kier alpha value is -0.960. The second-order valence-electron chi connectivity index (χ2n) is 9.56. The van der Waals surface area contributed by atoms with Gasteiger partial charge in [0.25, 0.3) is 0 Å². The highest BCUT2D eigenvalue weighted by molar-refractivity contribution is 5.92. The van der Waals surface area contributed by atoms with Crippen molar-refractivity contribution in [3.63, 3.8) is 0 Å². The minimum atomic E-state index is -0.456. The maximum absolute atomic E-state index is 12.4. The van der Waals surface area contributed by atoms with E-state index >= 15 is 0 Å². The molecule has 130 valence electrons. The maximum atomic E-state index is 12.4. The van der Waals surface area contributed by atoms with E-state index in [1.165, 1.54) is 18.4 Å². The highest BCUT2D eigenvalue weighted by atomic mass is 16.6. The SMILES string of the molecule is CC(=O)[C@]12O[C@H]1C[C@H]1[C@@H]3CCC4=CC(=O)CC[C@]4(C)[C@@H]3CC[C@]12C. The molecule has 24 heavy (non-hydrogen) atoms. The normalized spacial score (nSPS) is 55.0. The Bertz CT molecular complexity index is 679. The zero-order valence-corrected chi connectivity index (χ0v) is 15.1. The first-order valence-corrected chi connectivity index (χ1v) is 9.76. The molecule has 5 rings (SSSR count). The topological polar surface area (TPSA) is 46.7 Å². The number of allylic oxidation sites excluding steroid dienone is 1. The Labute approximate surface area is 144 Å². The summed E-state index contributed by atoms with van der Waals surface area (Å²) >= 11 is 0. The van der Waals surface area contributed by atoms with E-state index in [2.05, 4.69) is 13.8 Å². The van der Waals surface area contributed by atoms with Gasteiger partial charge in [0, 0.05) is 11.8 Å². The molecule has 3 heteroatoms. The van der Waals surface area contributed by atoms with Crippen LogP contribution in [-0.2, 0) is 14.3 Å². The zero-order chi connectivity index (χ0) is 16.9. The summed E-state index contributed by atoms with van der Waals surface area (Å²) in [6.45, 7) is 6.48. The Kier molecular flexibility index (Phi) is 2.81. The monoisotopic (exact) mass is 328 g/mol. The van der Waals surface area contributed by atoms with Crippen LogP contribution in [0.1, 0.15) is 65.7 Å². The van der Waals surface area contributed by atoms with Crippen molar-refractivity contribution in [3.05, 3.63) is 11.6 Å². The summed E-state index contributed by atoms with van der Waals surface area (Å²) in [7, 11) is 0. The second kappa shape index (κ2) is 4.41. The number of hydrogen-bond donors (Lipinski definition) is 0. The third kappa shape index (κ3) is 1.54. The average molecular weight is 328 g/mol. The molecule has 7 atom stereocenters. The summed E-state index contributed by atoms with van der Waals surface area (Å²) in [5.41, 5.74) is 1.22. The average Bonchev–Trinajstić information content (AvgIpc) is 3.21. The summed E-state index contributed by atoms with van der Waals surface area (Å²) in [4.78, 5) is 24.3. The molecule has 0 aromatic carbocycles. The molecule has 0 N–H and O–H groups in total. The van der Waals surface area contributed by atoms with E-state index in [9.17, 15) is 9.59 Å². The number of hydrogen-bond acceptors (Lipinski definition) is 3. The molecule has 0 amide bonds. The van der Waals surface area contributed by atoms with Gasteiger partial charge in [-0.15, -0.1) is 0 Å². The number of ketones is 2. The van der Waals surface area contributed by atoms with Crippen molar-refractivity contribution < 1.29 is 14.3 Å². The van der Waals surface area contributed by atoms with Crippen LogP contribution in [0, 0.1) is 28.6 Å². The van der Waals surface area contributed by atoms with Crippen molar-refractivity contribution in [2.75, 3.05) is 0 Å². The van der Waals surface area contributed by atoms with E-state index in [1.54, 1.807) is 6.92 Å². The van der Waals surface area contributed by atoms with Gasteiger partial charge in [-0.05, 0) is 74.7 Å². The van der Waals surface area contributed by atoms with Crippen LogP contribution in [0.5, 0.6) is 0 Å². The molecular formula is C21H28O3. The summed E-state index contributed by atoms with van der Waals surface area (Å²) in [6.07, 6.45) is 9.53. The van der Waals surface area contributed by atoms with Crippen LogP contribution in [0.2, 0.25) is 0 Å². The number of Topliss-reactive ketones (excluding diaryl/α,β-unsaturated/α-hetero) is 1. The van der Waals surface area contributed by atoms with Crippen LogP contribution in [-0.4, -0.2) is 23.3 Å². The van der Waals surface area contributed by atoms with Crippen LogP contribution in [0.3, 0.4) is 0 Å². The van der Waals surface area contributed by atoms with Crippen LogP contribution in [0.15, 0.2) is 11.6 Å². The second-order valence-corrected chi connectivity index (χ2v) is 9.56. The molecular weight excluding hydrogens is 300 g/mol. The predicted octanol–water partition coefficient (Wildman–Crippen LogP) is 3.85. The quantitative estimate of drug-likeness (QED) is 0.687. The Morgan fingerprint density at radius 1 is 1.17 bits per heavy atom. The highest BCUT2D eigenvalue weighted by Crippen LogP contribution is 2.73. The van der Waals surface area contributed by atoms with Crippen LogP contribution < -0.4 is 0 Å². The minimum absolute atomic E-state index is 0.0345. The smallest absolute Gasteiger partial charge is 0.164 e. The van der Waals surface area contributed by atoms with E-state index in [1.807, 2.05) is 6.08 Å². The third-order valence-corrected chi connectivity index (χ3v) is 8.92. The molecule has 0 aromatic heterocycles. The van der Waals surface area contributed by atoms with Gasteiger partial charge in [-0.25, -0.2) is 0 Å². The Morgan fingerprint density at radius 2 is 1.96 bits per heavy atom. The molecule has 1 heterocycles. The fraction of sp³-hybridized carbons (Fsp3) is 0.810. The molecule has 0 radical (unpaired) electrons. The number of carbonyl (C=O) groups is 2. The number of ether oxygens (including phenoxy) is 1. The van der Waals surface area contributed by atoms with Crippen molar-refractivity contribution in [2.45, 2.75) is 77.4 Å². The summed E-state index contributed by atoms with van der Waals surface area (Å²) < 4.78 is 5.99. The molecule has 3 saturated carbocycles. The van der Waals surface area contributed by atoms with Gasteiger partial charge in [0.05, 0.1) is 6.10 Å². The molecule has 3 nitrogen and oxygen atoms in total. The van der Waals surface area contributed by atoms with Gasteiger partial charge in [0.15, 0.2) is 17.2 Å². The Balaban J connectivity index is 1.52. The number of carbonyl (C=O) groups excluding carboxylic acids is 2. The lowest BCUT2D eigenvalue weighted by Crippen LogP contribution is -2.54. The molecule has 1 aliphatic heterocycles. The van der Waals surface area contributed by atoms with Crippen molar-refractivity contribution in [1.82, 2.24) is 0 Å². The molecule has 0 spiro atoms. The largest absolute Gasteiger partial charge is 0.357 e. The summed E-state index contributed by atoms with van der Waals surface area (Å²) in [5, 5.41) is 0. The lowest BCUT2D eigenvalue weighted by molar-refractivity contribution is -0.136. The summed E-state index contributed by atoms with van der Waals surface area (Å²) in [6, 6.07) is 0. The number of rotatable bonds is 1. The maximum Gasteiger partial charge on any atom is 0.164 e. The fourth-order valence-electron chi connectivity index (χ4n) is 7.62. The van der Waals surface area contributed by atoms with Crippen LogP contribution in [0.25, 0.3) is 0 Å². The number of fused-ring (bicyclic) bond motifs is 7. The van der Waals surface area contributed by atoms with Gasteiger partial charge in [-0.1, -0.05) is 19.4 Å². The fourth-order valence-corrected chi connectivity index (χ4v) is 7.62. The first kappa shape index (κ1) is 15.3. The first-order valence-electron chi connectivity index (χ1n) is 9.76. The van der Waals surface area contributed by atoms with Crippen molar-refractivity contribution in [2.24, 2.45) is 28.6 Å². The molecule has 0 aromatic rings. The van der Waals surface area contributed by atoms with Gasteiger partial charge in [0.1, 0.15) is 0 Å². The molecule has 0 bridgehead atoms. The van der Waals surface area contributed by atoms with Crippen LogP contribution >= 0.6 is 0 Å². The highest BCUT2D eigenvalue weighted by Gasteiger charge is 2.79. The third-order valence-electron chi connectivity index (χ3n) is 8.92. The van der Waals surface area contributed by atoms with Gasteiger partial charge in [-0.2, -0.15) is 0 Å². The van der Waals surface area contributed by atoms with Crippen molar-refractivity contribution in [1.29, 1.82) is 0 Å². The van der Waals surface area contributed by atoms with Crippen molar-refractivity contribution in [3.8, 4) is 0 Å². The van der Waals surface area contributed by atoms with E-state index in [4.69, 9.17) is 4.74 Å². The molecule has 0 unspecified atom stereocenters. The van der Waals surface area contributed by atoms with Gasteiger partial charge in [0.2, 0.25) is 0 Å². The lowest BCUT2D eigenvalue weighted by Gasteiger charge is -2.58. The molecule has 4 aliphatic carbocycles. The first-order chi connectivity index (χ1) is 11.3. The van der Waals surface area contributed by atoms with Gasteiger partial charge in [-0.3, -0.25) is 9.59 Å². The molecule has 5 aliphatic rings. The predicted molar refractivity (Wildman–Crippen MR) is 90.4 cm³/mol.